The Morgan fingerprint density at radius 2 is 1.16 bits per heavy atom. The van der Waals surface area contributed by atoms with Crippen LogP contribution in [0.3, 0.4) is 0 Å². The lowest BCUT2D eigenvalue weighted by atomic mass is 10.0. The first-order valence-corrected chi connectivity index (χ1v) is 15.1. The molecule has 3 aromatic rings. The van der Waals surface area contributed by atoms with E-state index >= 15 is 0 Å². The number of rotatable bonds is 5. The second kappa shape index (κ2) is 18.7. The lowest BCUT2D eigenvalue weighted by Gasteiger charge is -2.18. The molecule has 1 fully saturated rings. The first kappa shape index (κ1) is 37.1. The second-order valence-corrected chi connectivity index (χ2v) is 10.5. The van der Waals surface area contributed by atoms with Gasteiger partial charge < -0.3 is 40.2 Å². The minimum absolute atomic E-state index is 0.0951. The molecule has 1 aliphatic rings. The van der Waals surface area contributed by atoms with Crippen LogP contribution in [0.15, 0.2) is 55.1 Å². The number of carbonyl (C=O) groups is 8. The molecule has 1 aromatic carbocycles. The van der Waals surface area contributed by atoms with Crippen molar-refractivity contribution in [3.63, 3.8) is 0 Å². The van der Waals surface area contributed by atoms with Gasteiger partial charge in [-0.15, -0.1) is 0 Å². The zero-order valence-corrected chi connectivity index (χ0v) is 26.8. The largest absolute Gasteiger partial charge is 0.454 e. The zero-order chi connectivity index (χ0) is 36.6. The van der Waals surface area contributed by atoms with Gasteiger partial charge >= 0.3 is 23.9 Å². The number of cyclic esters (lactones) is 4. The van der Waals surface area contributed by atoms with Crippen LogP contribution in [-0.4, -0.2) is 119 Å². The van der Waals surface area contributed by atoms with Crippen molar-refractivity contribution in [2.24, 2.45) is 0 Å². The summed E-state index contributed by atoms with van der Waals surface area (Å²) in [6.45, 7) is -4.88. The number of nitrogens with zero attached hydrogens (tertiary/aromatic N) is 4. The van der Waals surface area contributed by atoms with Crippen molar-refractivity contribution in [1.29, 1.82) is 0 Å². The molecule has 0 saturated carbocycles. The number of amides is 4. The summed E-state index contributed by atoms with van der Waals surface area (Å²) >= 11 is 0. The summed E-state index contributed by atoms with van der Waals surface area (Å²) in [5, 5.41) is 13.3. The molecule has 4 N–H and O–H groups in total. The van der Waals surface area contributed by atoms with Crippen LogP contribution in [0.4, 0.5) is 0 Å². The van der Waals surface area contributed by atoms with Crippen LogP contribution in [0, 0.1) is 0 Å². The van der Waals surface area contributed by atoms with Crippen molar-refractivity contribution in [2.45, 2.75) is 19.0 Å². The van der Waals surface area contributed by atoms with Crippen LogP contribution in [0.25, 0.3) is 11.4 Å². The Labute approximate surface area is 288 Å². The van der Waals surface area contributed by atoms with Gasteiger partial charge in [0, 0.05) is 25.0 Å². The molecule has 1 saturated heterocycles. The third-order valence-corrected chi connectivity index (χ3v) is 6.62. The van der Waals surface area contributed by atoms with E-state index in [4.69, 9.17) is 9.47 Å². The molecular formula is C31H32N8O12. The molecule has 1 aliphatic heterocycles. The Hall–Kier alpha value is -6.73. The number of ether oxygens (including phenoxy) is 4. The second-order valence-electron chi connectivity index (χ2n) is 10.5. The highest BCUT2D eigenvalue weighted by atomic mass is 16.6. The van der Waals surface area contributed by atoms with Crippen molar-refractivity contribution in [3.05, 3.63) is 66.2 Å². The average Bonchev–Trinajstić information content (AvgIpc) is 3.60. The number of carbonyl (C=O) groups excluding carboxylic acids is 8. The molecule has 20 nitrogen and oxygen atoms in total. The topological polar surface area (TPSA) is 265 Å². The molecular weight excluding hydrogens is 676 g/mol. The lowest BCUT2D eigenvalue weighted by Crippen LogP contribution is -2.46. The van der Waals surface area contributed by atoms with E-state index in [1.807, 2.05) is 0 Å². The normalized spacial score (nSPS) is 18.0. The Balaban J connectivity index is 1.38. The number of benzene rings is 1. The fourth-order valence-electron chi connectivity index (χ4n) is 4.14. The first-order chi connectivity index (χ1) is 24.5. The predicted octanol–water partition coefficient (Wildman–Crippen LogP) is -3.05. The van der Waals surface area contributed by atoms with Gasteiger partial charge in [-0.1, -0.05) is 24.3 Å². The third kappa shape index (κ3) is 13.0. The van der Waals surface area contributed by atoms with Crippen molar-refractivity contribution >= 4 is 47.5 Å². The number of esters is 4. The van der Waals surface area contributed by atoms with E-state index < -0.39 is 99.6 Å². The maximum Gasteiger partial charge on any atom is 0.329 e. The van der Waals surface area contributed by atoms with Gasteiger partial charge in [-0.05, 0) is 17.2 Å². The van der Waals surface area contributed by atoms with Gasteiger partial charge in [0.2, 0.25) is 0 Å². The number of nitrogens with one attached hydrogen (secondary N) is 4. The molecule has 0 spiro atoms. The highest BCUT2D eigenvalue weighted by Gasteiger charge is 2.25. The standard InChI is InChI=1S/C31H32N8O12/c40-24-15-49-29(45)12-36-26(42)17-51-31(47)22(37-27(43)18-50-30(46)13-35-25(41)16-48-28(44)11-34-24)9-19-1-3-20(4-2-19)14-39-8-5-21(38-39)23-10-32-6-7-33-23/h1-8,10,22H,9,11-18H2,(H,34,40)(H,35,41)(H,36,42)(H,37,43). The van der Waals surface area contributed by atoms with Gasteiger partial charge in [0.15, 0.2) is 26.4 Å². The third-order valence-electron chi connectivity index (χ3n) is 6.62. The summed E-state index contributed by atoms with van der Waals surface area (Å²) < 4.78 is 21.0. The molecule has 51 heavy (non-hydrogen) atoms. The van der Waals surface area contributed by atoms with Crippen molar-refractivity contribution < 1.29 is 57.3 Å². The van der Waals surface area contributed by atoms with Crippen LogP contribution in [-0.2, 0) is 70.3 Å². The molecule has 0 radical (unpaired) electrons. The molecule has 2 aromatic heterocycles. The first-order valence-electron chi connectivity index (χ1n) is 15.1. The molecule has 4 rings (SSSR count). The maximum atomic E-state index is 13.0. The minimum Gasteiger partial charge on any atom is -0.454 e. The van der Waals surface area contributed by atoms with E-state index in [-0.39, 0.29) is 6.42 Å². The van der Waals surface area contributed by atoms with Gasteiger partial charge in [-0.25, -0.2) is 4.79 Å². The summed E-state index contributed by atoms with van der Waals surface area (Å²) in [6, 6.07) is 7.47. The molecule has 0 aliphatic carbocycles. The summed E-state index contributed by atoms with van der Waals surface area (Å²) in [5.41, 5.74) is 2.72. The van der Waals surface area contributed by atoms with Gasteiger partial charge in [0.05, 0.1) is 12.7 Å². The molecule has 20 heteroatoms. The number of hydrogen-bond acceptors (Lipinski definition) is 15. The Kier molecular flexibility index (Phi) is 13.6. The van der Waals surface area contributed by atoms with E-state index in [2.05, 4.69) is 45.8 Å². The van der Waals surface area contributed by atoms with Crippen molar-refractivity contribution in [1.82, 2.24) is 41.0 Å². The molecule has 1 unspecified atom stereocenters. The minimum atomic E-state index is -1.35. The van der Waals surface area contributed by atoms with Gasteiger partial charge in [0.25, 0.3) is 23.6 Å². The van der Waals surface area contributed by atoms with Crippen molar-refractivity contribution in [2.75, 3.05) is 46.1 Å². The Morgan fingerprint density at radius 1 is 0.627 bits per heavy atom. The van der Waals surface area contributed by atoms with Gasteiger partial charge in [-0.2, -0.15) is 5.10 Å². The summed E-state index contributed by atoms with van der Waals surface area (Å²) in [6.07, 6.45) is 6.42. The smallest absolute Gasteiger partial charge is 0.329 e. The highest BCUT2D eigenvalue weighted by Crippen LogP contribution is 2.14. The lowest BCUT2D eigenvalue weighted by molar-refractivity contribution is -0.154. The van der Waals surface area contributed by atoms with E-state index in [0.717, 1.165) is 5.56 Å². The van der Waals surface area contributed by atoms with Crippen LogP contribution in [0.1, 0.15) is 11.1 Å². The maximum absolute atomic E-state index is 13.0. The fourth-order valence-corrected chi connectivity index (χ4v) is 4.14. The average molecular weight is 709 g/mol. The van der Waals surface area contributed by atoms with E-state index in [1.54, 1.807) is 59.8 Å². The van der Waals surface area contributed by atoms with Gasteiger partial charge in [0.1, 0.15) is 37.1 Å². The summed E-state index contributed by atoms with van der Waals surface area (Å²) in [5.74, 6) is -7.61. The highest BCUT2D eigenvalue weighted by molar-refractivity contribution is 5.90. The fraction of sp³-hybridized carbons (Fsp3) is 0.323. The van der Waals surface area contributed by atoms with Crippen molar-refractivity contribution in [3.8, 4) is 11.4 Å². The Bertz CT molecular complexity index is 1750. The molecule has 3 heterocycles. The predicted molar refractivity (Wildman–Crippen MR) is 167 cm³/mol. The zero-order valence-electron chi connectivity index (χ0n) is 26.8. The molecule has 1 atom stereocenters. The SMILES string of the molecule is O=C1COC(=O)CNC(=O)COC(=O)C(Cc2ccc(Cn3ccc(-c4cnccn4)n3)cc2)NC(=O)COC(=O)CNC(=O)COC(=O)CN1. The van der Waals surface area contributed by atoms with E-state index in [1.165, 1.54) is 0 Å². The van der Waals surface area contributed by atoms with Crippen LogP contribution < -0.4 is 21.3 Å². The molecule has 0 bridgehead atoms. The number of hydrogen-bond donors (Lipinski definition) is 4. The Morgan fingerprint density at radius 3 is 1.71 bits per heavy atom. The number of aromatic nitrogens is 4. The molecule has 4 amide bonds. The van der Waals surface area contributed by atoms with Crippen LogP contribution >= 0.6 is 0 Å². The van der Waals surface area contributed by atoms with E-state index in [9.17, 15) is 38.4 Å². The quantitative estimate of drug-likeness (QED) is 0.152. The molecule has 268 valence electrons. The summed E-state index contributed by atoms with van der Waals surface area (Å²) in [7, 11) is 0. The van der Waals surface area contributed by atoms with Crippen LogP contribution in [0.2, 0.25) is 0 Å². The van der Waals surface area contributed by atoms with E-state index in [0.29, 0.717) is 23.5 Å². The monoisotopic (exact) mass is 708 g/mol. The van der Waals surface area contributed by atoms with Crippen LogP contribution in [0.5, 0.6) is 0 Å². The summed E-state index contributed by atoms with van der Waals surface area (Å²) in [4.78, 5) is 105. The van der Waals surface area contributed by atoms with Gasteiger partial charge in [-0.3, -0.25) is 48.2 Å².